The lowest BCUT2D eigenvalue weighted by atomic mass is 9.98. The Morgan fingerprint density at radius 2 is 2.40 bits per heavy atom. The van der Waals surface area contributed by atoms with Crippen LogP contribution in [0, 0.1) is 5.92 Å². The second-order valence-electron chi connectivity index (χ2n) is 3.38. The van der Waals surface area contributed by atoms with Crippen molar-refractivity contribution in [2.45, 2.75) is 25.8 Å². The van der Waals surface area contributed by atoms with Crippen molar-refractivity contribution in [1.82, 2.24) is 4.90 Å². The first kappa shape index (κ1) is 8.02. The van der Waals surface area contributed by atoms with Gasteiger partial charge in [0, 0.05) is 12.6 Å². The predicted octanol–water partition coefficient (Wildman–Crippen LogP) is 0.675. The molecule has 2 nitrogen and oxygen atoms in total. The normalized spacial score (nSPS) is 30.9. The van der Waals surface area contributed by atoms with Gasteiger partial charge in [-0.3, -0.25) is 0 Å². The lowest BCUT2D eigenvalue weighted by Crippen LogP contribution is -2.30. The van der Waals surface area contributed by atoms with E-state index in [2.05, 4.69) is 18.9 Å². The molecule has 1 rings (SSSR count). The van der Waals surface area contributed by atoms with Crippen molar-refractivity contribution in [3.05, 3.63) is 0 Å². The molecule has 2 unspecified atom stereocenters. The molecule has 0 saturated carbocycles. The number of nitrogens with zero attached hydrogens (tertiary/aromatic N) is 1. The summed E-state index contributed by atoms with van der Waals surface area (Å²) in [5.74, 6) is 0.759. The third kappa shape index (κ3) is 1.70. The Morgan fingerprint density at radius 3 is 2.80 bits per heavy atom. The highest BCUT2D eigenvalue weighted by atomic mass is 15.1. The minimum Gasteiger partial charge on any atom is -0.327 e. The molecular formula is C8H18N2. The first-order valence-electron chi connectivity index (χ1n) is 4.18. The first-order chi connectivity index (χ1) is 4.74. The van der Waals surface area contributed by atoms with Crippen molar-refractivity contribution < 1.29 is 0 Å². The molecule has 1 saturated heterocycles. The Kier molecular flexibility index (Phi) is 2.69. The molecule has 2 heteroatoms. The second-order valence-corrected chi connectivity index (χ2v) is 3.38. The van der Waals surface area contributed by atoms with E-state index in [4.69, 9.17) is 5.73 Å². The van der Waals surface area contributed by atoms with Gasteiger partial charge >= 0.3 is 0 Å². The van der Waals surface area contributed by atoms with Crippen molar-refractivity contribution in [2.75, 3.05) is 20.1 Å². The van der Waals surface area contributed by atoms with E-state index in [-0.39, 0.29) is 0 Å². The average Bonchev–Trinajstić information content (AvgIpc) is 2.34. The molecule has 1 aliphatic heterocycles. The maximum Gasteiger partial charge on any atom is 0.00772 e. The van der Waals surface area contributed by atoms with Crippen molar-refractivity contribution >= 4 is 0 Å². The van der Waals surface area contributed by atoms with Crippen LogP contribution in [-0.2, 0) is 0 Å². The fourth-order valence-electron chi connectivity index (χ4n) is 1.65. The van der Waals surface area contributed by atoms with Crippen molar-refractivity contribution in [1.29, 1.82) is 0 Å². The van der Waals surface area contributed by atoms with Gasteiger partial charge in [-0.25, -0.2) is 0 Å². The molecule has 0 aromatic heterocycles. The molecule has 0 radical (unpaired) electrons. The summed E-state index contributed by atoms with van der Waals surface area (Å²) in [6.07, 6.45) is 2.42. The zero-order valence-corrected chi connectivity index (χ0v) is 7.01. The van der Waals surface area contributed by atoms with Crippen LogP contribution in [0.4, 0.5) is 0 Å². The van der Waals surface area contributed by atoms with Gasteiger partial charge < -0.3 is 10.6 Å². The lowest BCUT2D eigenvalue weighted by Gasteiger charge is -2.16. The molecule has 0 aromatic rings. The van der Waals surface area contributed by atoms with Gasteiger partial charge in [0.2, 0.25) is 0 Å². The zero-order chi connectivity index (χ0) is 7.56. The first-order valence-corrected chi connectivity index (χ1v) is 4.18. The van der Waals surface area contributed by atoms with Gasteiger partial charge in [0.15, 0.2) is 0 Å². The van der Waals surface area contributed by atoms with Crippen LogP contribution in [0.25, 0.3) is 0 Å². The minimum atomic E-state index is 0.435. The molecular weight excluding hydrogens is 124 g/mol. The molecule has 2 atom stereocenters. The van der Waals surface area contributed by atoms with Crippen LogP contribution in [0.1, 0.15) is 19.8 Å². The molecule has 60 valence electrons. The standard InChI is InChI=1S/C8H18N2/c1-3-8(9)7-4-5-10(2)6-7/h7-8H,3-6,9H2,1-2H3. The molecule has 0 amide bonds. The van der Waals surface area contributed by atoms with Gasteiger partial charge in [-0.2, -0.15) is 0 Å². The summed E-state index contributed by atoms with van der Waals surface area (Å²) < 4.78 is 0. The Hall–Kier alpha value is -0.0800. The highest BCUT2D eigenvalue weighted by Gasteiger charge is 2.23. The van der Waals surface area contributed by atoms with E-state index in [1.54, 1.807) is 0 Å². The second kappa shape index (κ2) is 3.35. The molecule has 0 aliphatic carbocycles. The summed E-state index contributed by atoms with van der Waals surface area (Å²) >= 11 is 0. The Labute approximate surface area is 63.4 Å². The van der Waals surface area contributed by atoms with E-state index in [0.29, 0.717) is 6.04 Å². The highest BCUT2D eigenvalue weighted by Crippen LogP contribution is 2.18. The van der Waals surface area contributed by atoms with E-state index >= 15 is 0 Å². The van der Waals surface area contributed by atoms with Crippen LogP contribution >= 0.6 is 0 Å². The third-order valence-electron chi connectivity index (χ3n) is 2.50. The quantitative estimate of drug-likeness (QED) is 0.614. The number of hydrogen-bond acceptors (Lipinski definition) is 2. The molecule has 0 bridgehead atoms. The Balaban J connectivity index is 2.29. The van der Waals surface area contributed by atoms with Gasteiger partial charge in [0.25, 0.3) is 0 Å². The fraction of sp³-hybridized carbons (Fsp3) is 1.00. The zero-order valence-electron chi connectivity index (χ0n) is 7.01. The molecule has 1 fully saturated rings. The lowest BCUT2D eigenvalue weighted by molar-refractivity contribution is 0.365. The monoisotopic (exact) mass is 142 g/mol. The largest absolute Gasteiger partial charge is 0.327 e. The fourth-order valence-corrected chi connectivity index (χ4v) is 1.65. The van der Waals surface area contributed by atoms with Gasteiger partial charge in [-0.05, 0) is 32.4 Å². The van der Waals surface area contributed by atoms with E-state index in [1.165, 1.54) is 19.5 Å². The van der Waals surface area contributed by atoms with Gasteiger partial charge in [0.05, 0.1) is 0 Å². The maximum absolute atomic E-state index is 5.91. The average molecular weight is 142 g/mol. The molecule has 10 heavy (non-hydrogen) atoms. The predicted molar refractivity (Wildman–Crippen MR) is 43.9 cm³/mol. The Morgan fingerprint density at radius 1 is 1.70 bits per heavy atom. The summed E-state index contributed by atoms with van der Waals surface area (Å²) in [4.78, 5) is 2.36. The third-order valence-corrected chi connectivity index (χ3v) is 2.50. The van der Waals surface area contributed by atoms with Gasteiger partial charge in [-0.15, -0.1) is 0 Å². The highest BCUT2D eigenvalue weighted by molar-refractivity contribution is 4.80. The summed E-state index contributed by atoms with van der Waals surface area (Å²) in [6, 6.07) is 0.435. The van der Waals surface area contributed by atoms with Crippen molar-refractivity contribution in [3.63, 3.8) is 0 Å². The number of nitrogens with two attached hydrogens (primary N) is 1. The summed E-state index contributed by atoms with van der Waals surface area (Å²) in [7, 11) is 2.17. The SMILES string of the molecule is CCC(N)C1CCN(C)C1. The Bertz CT molecular complexity index is 103. The molecule has 0 spiro atoms. The summed E-state index contributed by atoms with van der Waals surface area (Å²) in [5, 5.41) is 0. The molecule has 2 N–H and O–H groups in total. The number of hydrogen-bond donors (Lipinski definition) is 1. The van der Waals surface area contributed by atoms with E-state index in [1.807, 2.05) is 0 Å². The van der Waals surface area contributed by atoms with E-state index in [9.17, 15) is 0 Å². The molecule has 1 aliphatic rings. The topological polar surface area (TPSA) is 29.3 Å². The van der Waals surface area contributed by atoms with E-state index in [0.717, 1.165) is 12.3 Å². The van der Waals surface area contributed by atoms with Crippen LogP contribution in [-0.4, -0.2) is 31.1 Å². The van der Waals surface area contributed by atoms with E-state index < -0.39 is 0 Å². The van der Waals surface area contributed by atoms with Gasteiger partial charge in [0.1, 0.15) is 0 Å². The van der Waals surface area contributed by atoms with Crippen LogP contribution < -0.4 is 5.73 Å². The summed E-state index contributed by atoms with van der Waals surface area (Å²) in [5.41, 5.74) is 5.91. The summed E-state index contributed by atoms with van der Waals surface area (Å²) in [6.45, 7) is 4.61. The maximum atomic E-state index is 5.91. The molecule has 1 heterocycles. The smallest absolute Gasteiger partial charge is 0.00772 e. The van der Waals surface area contributed by atoms with Crippen LogP contribution in [0.3, 0.4) is 0 Å². The number of likely N-dealkylation sites (tertiary alicyclic amines) is 1. The molecule has 0 aromatic carbocycles. The van der Waals surface area contributed by atoms with Crippen LogP contribution in [0.15, 0.2) is 0 Å². The van der Waals surface area contributed by atoms with Gasteiger partial charge in [-0.1, -0.05) is 6.92 Å². The van der Waals surface area contributed by atoms with Crippen molar-refractivity contribution in [3.8, 4) is 0 Å². The van der Waals surface area contributed by atoms with Crippen LogP contribution in [0.2, 0.25) is 0 Å². The van der Waals surface area contributed by atoms with Crippen molar-refractivity contribution in [2.24, 2.45) is 11.7 Å². The minimum absolute atomic E-state index is 0.435. The van der Waals surface area contributed by atoms with Crippen LogP contribution in [0.5, 0.6) is 0 Å². The number of rotatable bonds is 2.